The molecule has 0 bridgehead atoms. The van der Waals surface area contributed by atoms with Gasteiger partial charge in [0, 0.05) is 36.6 Å². The van der Waals surface area contributed by atoms with E-state index in [1.54, 1.807) is 0 Å². The molecule has 1 amide bonds. The number of amides is 1. The van der Waals surface area contributed by atoms with Crippen LogP contribution in [-0.4, -0.2) is 62.5 Å². The Balaban J connectivity index is 1.27. The fourth-order valence-electron chi connectivity index (χ4n) is 5.45. The molecule has 0 unspecified atom stereocenters. The molecule has 0 radical (unpaired) electrons. The zero-order valence-electron chi connectivity index (χ0n) is 19.0. The van der Waals surface area contributed by atoms with E-state index in [-0.39, 0.29) is 11.9 Å². The van der Waals surface area contributed by atoms with Gasteiger partial charge in [-0.2, -0.15) is 0 Å². The van der Waals surface area contributed by atoms with E-state index in [2.05, 4.69) is 53.3 Å². The maximum absolute atomic E-state index is 13.5. The number of piperidine rings is 1. The second-order valence-corrected chi connectivity index (χ2v) is 10.1. The summed E-state index contributed by atoms with van der Waals surface area (Å²) in [6.45, 7) is 4.12. The molecule has 33 heavy (non-hydrogen) atoms. The second kappa shape index (κ2) is 7.81. The van der Waals surface area contributed by atoms with Gasteiger partial charge in [-0.1, -0.05) is 47.7 Å². The van der Waals surface area contributed by atoms with Crippen LogP contribution >= 0.6 is 11.8 Å². The summed E-state index contributed by atoms with van der Waals surface area (Å²) in [5.74, 6) is 0.782. The lowest BCUT2D eigenvalue weighted by Gasteiger charge is -2.36. The highest BCUT2D eigenvalue weighted by molar-refractivity contribution is 7.99. The number of carbonyl (C=O) groups excluding carboxylic acids is 1. The number of benzene rings is 2. The van der Waals surface area contributed by atoms with E-state index in [0.29, 0.717) is 16.8 Å². The Bertz CT molecular complexity index is 1400. The molecule has 0 aliphatic carbocycles. The average Bonchev–Trinajstić information content (AvgIpc) is 3.29. The van der Waals surface area contributed by atoms with Crippen LogP contribution in [0, 0.1) is 6.92 Å². The lowest BCUT2D eigenvalue weighted by atomic mass is 9.89. The fraction of sp³-hybridized carbons (Fsp3) is 0.360. The largest absolute Gasteiger partial charge is 0.327 e. The Kier molecular flexibility index (Phi) is 4.88. The van der Waals surface area contributed by atoms with Gasteiger partial charge < -0.3 is 14.4 Å². The number of likely N-dealkylation sites (N-methyl/N-ethyl adjacent to an activating group) is 1. The van der Waals surface area contributed by atoms with Crippen molar-refractivity contribution in [1.29, 1.82) is 0 Å². The molecular weight excluding hydrogens is 432 g/mol. The number of carbonyl (C=O) groups is 1. The first kappa shape index (κ1) is 20.6. The number of nitrogens with zero attached hydrogens (tertiary/aromatic N) is 6. The SMILES string of the molecule is Cc1ccc2c(c1)[C@H]1CN(C)CC[C@H]1N2C(=O)CSc1nnc2c3ccccc3n(C)c2n1. The third kappa shape index (κ3) is 3.31. The highest BCUT2D eigenvalue weighted by Gasteiger charge is 2.43. The summed E-state index contributed by atoms with van der Waals surface area (Å²) in [6, 6.07) is 14.8. The molecule has 0 spiro atoms. The highest BCUT2D eigenvalue weighted by atomic mass is 32.2. The van der Waals surface area contributed by atoms with Crippen molar-refractivity contribution in [2.75, 3.05) is 30.8 Å². The van der Waals surface area contributed by atoms with Gasteiger partial charge in [0.25, 0.3) is 0 Å². The lowest BCUT2D eigenvalue weighted by Crippen LogP contribution is -2.47. The Morgan fingerprint density at radius 1 is 1.15 bits per heavy atom. The maximum Gasteiger partial charge on any atom is 0.237 e. The monoisotopic (exact) mass is 458 g/mol. The number of hydrogen-bond acceptors (Lipinski definition) is 6. The second-order valence-electron chi connectivity index (χ2n) is 9.18. The van der Waals surface area contributed by atoms with E-state index >= 15 is 0 Å². The van der Waals surface area contributed by atoms with Gasteiger partial charge in [0.1, 0.15) is 5.52 Å². The molecule has 2 aromatic heterocycles. The van der Waals surface area contributed by atoms with Crippen molar-refractivity contribution < 1.29 is 4.79 Å². The van der Waals surface area contributed by atoms with Crippen molar-refractivity contribution >= 4 is 45.4 Å². The molecule has 4 heterocycles. The number of fused-ring (bicyclic) bond motifs is 6. The molecule has 2 atom stereocenters. The van der Waals surface area contributed by atoms with Gasteiger partial charge in [-0.3, -0.25) is 4.79 Å². The smallest absolute Gasteiger partial charge is 0.237 e. The molecule has 2 aliphatic heterocycles. The topological polar surface area (TPSA) is 67.2 Å². The first-order valence-corrected chi connectivity index (χ1v) is 12.3. The summed E-state index contributed by atoms with van der Waals surface area (Å²) < 4.78 is 2.04. The fourth-order valence-corrected chi connectivity index (χ4v) is 6.10. The minimum atomic E-state index is 0.114. The van der Waals surface area contributed by atoms with E-state index in [4.69, 9.17) is 4.98 Å². The molecule has 1 fully saturated rings. The first-order valence-electron chi connectivity index (χ1n) is 11.3. The zero-order valence-corrected chi connectivity index (χ0v) is 19.8. The Morgan fingerprint density at radius 2 is 2.00 bits per heavy atom. The summed E-state index contributed by atoms with van der Waals surface area (Å²) in [4.78, 5) is 22.6. The molecule has 4 aromatic rings. The van der Waals surface area contributed by atoms with Gasteiger partial charge in [0.05, 0.1) is 11.3 Å². The molecule has 0 N–H and O–H groups in total. The number of para-hydroxylation sites is 1. The molecular formula is C25H26N6OS. The number of hydrogen-bond donors (Lipinski definition) is 0. The van der Waals surface area contributed by atoms with Crippen LogP contribution in [-0.2, 0) is 11.8 Å². The molecule has 2 aliphatic rings. The quantitative estimate of drug-likeness (QED) is 0.436. The summed E-state index contributed by atoms with van der Waals surface area (Å²) in [7, 11) is 4.15. The third-order valence-corrected chi connectivity index (χ3v) is 7.86. The third-order valence-electron chi connectivity index (χ3n) is 7.03. The number of anilines is 1. The lowest BCUT2D eigenvalue weighted by molar-refractivity contribution is -0.116. The minimum absolute atomic E-state index is 0.114. The van der Waals surface area contributed by atoms with Gasteiger partial charge in [-0.05, 0) is 44.6 Å². The van der Waals surface area contributed by atoms with Gasteiger partial charge >= 0.3 is 0 Å². The van der Waals surface area contributed by atoms with E-state index in [9.17, 15) is 4.79 Å². The number of aromatic nitrogens is 4. The Labute approximate surface area is 196 Å². The van der Waals surface area contributed by atoms with E-state index in [1.807, 2.05) is 34.7 Å². The van der Waals surface area contributed by atoms with E-state index in [1.165, 1.54) is 22.9 Å². The predicted octanol–water partition coefficient (Wildman–Crippen LogP) is 3.75. The van der Waals surface area contributed by atoms with E-state index in [0.717, 1.165) is 47.3 Å². The van der Waals surface area contributed by atoms with Crippen LogP contribution in [0.3, 0.4) is 0 Å². The van der Waals surface area contributed by atoms with Crippen LogP contribution in [0.4, 0.5) is 5.69 Å². The molecule has 7 nitrogen and oxygen atoms in total. The van der Waals surface area contributed by atoms with Crippen LogP contribution in [0.5, 0.6) is 0 Å². The van der Waals surface area contributed by atoms with Crippen molar-refractivity contribution in [3.05, 3.63) is 53.6 Å². The van der Waals surface area contributed by atoms with Gasteiger partial charge in [-0.25, -0.2) is 4.98 Å². The Morgan fingerprint density at radius 3 is 2.88 bits per heavy atom. The standard InChI is InChI=1S/C25H26N6OS/c1-15-8-9-20-17(12-15)18-13-29(2)11-10-21(18)31(20)22(32)14-33-25-26-24-23(27-28-25)16-6-4-5-7-19(16)30(24)3/h4-9,12,18,21H,10-11,13-14H2,1-3H3/t18-,21-/m1/s1. The van der Waals surface area contributed by atoms with Gasteiger partial charge in [0.2, 0.25) is 11.1 Å². The zero-order chi connectivity index (χ0) is 22.7. The number of rotatable bonds is 3. The summed E-state index contributed by atoms with van der Waals surface area (Å²) in [5.41, 5.74) is 6.27. The van der Waals surface area contributed by atoms with Crippen molar-refractivity contribution in [2.45, 2.75) is 30.5 Å². The van der Waals surface area contributed by atoms with Crippen LogP contribution in [0.1, 0.15) is 23.5 Å². The van der Waals surface area contributed by atoms with Crippen LogP contribution in [0.2, 0.25) is 0 Å². The normalized spacial score (nSPS) is 20.4. The Hall–Kier alpha value is -2.97. The summed E-state index contributed by atoms with van der Waals surface area (Å²) in [5, 5.41) is 10.3. The first-order chi connectivity index (χ1) is 16.0. The summed E-state index contributed by atoms with van der Waals surface area (Å²) in [6.07, 6.45) is 0.991. The van der Waals surface area contributed by atoms with Crippen LogP contribution < -0.4 is 4.90 Å². The number of thioether (sulfide) groups is 1. The van der Waals surface area contributed by atoms with Crippen molar-refractivity contribution in [3.63, 3.8) is 0 Å². The molecule has 1 saturated heterocycles. The maximum atomic E-state index is 13.5. The van der Waals surface area contributed by atoms with Crippen molar-refractivity contribution in [2.24, 2.45) is 7.05 Å². The van der Waals surface area contributed by atoms with Crippen molar-refractivity contribution in [1.82, 2.24) is 24.6 Å². The predicted molar refractivity (Wildman–Crippen MR) is 132 cm³/mol. The summed E-state index contributed by atoms with van der Waals surface area (Å²) >= 11 is 1.37. The molecule has 6 rings (SSSR count). The van der Waals surface area contributed by atoms with Gasteiger partial charge in [0.15, 0.2) is 5.65 Å². The van der Waals surface area contributed by atoms with Crippen LogP contribution in [0.15, 0.2) is 47.6 Å². The highest BCUT2D eigenvalue weighted by Crippen LogP contribution is 2.45. The molecule has 2 aromatic carbocycles. The molecule has 0 saturated carbocycles. The molecule has 168 valence electrons. The van der Waals surface area contributed by atoms with Crippen molar-refractivity contribution in [3.8, 4) is 0 Å². The van der Waals surface area contributed by atoms with Gasteiger partial charge in [-0.15, -0.1) is 10.2 Å². The van der Waals surface area contributed by atoms with E-state index < -0.39 is 0 Å². The number of aryl methyl sites for hydroxylation is 2. The minimum Gasteiger partial charge on any atom is -0.327 e. The van der Waals surface area contributed by atoms with Crippen LogP contribution in [0.25, 0.3) is 22.1 Å². The average molecular weight is 459 g/mol. The molecule has 8 heteroatoms. The number of likely N-dealkylation sites (tertiary alicyclic amines) is 1.